The highest BCUT2D eigenvalue weighted by Crippen LogP contribution is 2.44. The van der Waals surface area contributed by atoms with Gasteiger partial charge in [-0.25, -0.2) is 18.4 Å². The number of nitrogens with zero attached hydrogens (tertiary/aromatic N) is 3. The zero-order valence-electron chi connectivity index (χ0n) is 31.2. The first-order valence-electron chi connectivity index (χ1n) is 19.1. The maximum atomic E-state index is 16.8. The summed E-state index contributed by atoms with van der Waals surface area (Å²) in [6.45, 7) is 14.4. The van der Waals surface area contributed by atoms with E-state index < -0.39 is 90.5 Å². The predicted molar refractivity (Wildman–Crippen MR) is 184 cm³/mol. The predicted octanol–water partition coefficient (Wildman–Crippen LogP) is 2.75. The number of aliphatic hydroxyl groups excluding tert-OH is 1. The number of halogens is 2. The number of piperidine rings is 2. The highest BCUT2D eigenvalue weighted by molar-refractivity contribution is 5.77. The van der Waals surface area contributed by atoms with Crippen molar-refractivity contribution in [2.24, 2.45) is 23.7 Å². The van der Waals surface area contributed by atoms with Crippen molar-refractivity contribution in [3.63, 3.8) is 0 Å². The highest BCUT2D eigenvalue weighted by atomic mass is 19.1. The van der Waals surface area contributed by atoms with Crippen molar-refractivity contribution in [2.45, 2.75) is 153 Å². The molecule has 0 spiro atoms. The topological polar surface area (TPSA) is 145 Å². The number of fused-ring (bicyclic) bond motifs is 5. The highest BCUT2D eigenvalue weighted by Gasteiger charge is 2.59. The van der Waals surface area contributed by atoms with Gasteiger partial charge >= 0.3 is 18.1 Å². The molecular formula is C36H60F2N6O7. The number of rotatable bonds is 3. The fraction of sp³-hybridized carbons (Fsp3) is 0.917. The van der Waals surface area contributed by atoms with Gasteiger partial charge in [0.1, 0.15) is 30.2 Å². The van der Waals surface area contributed by atoms with Crippen LogP contribution in [0.5, 0.6) is 0 Å². The lowest BCUT2D eigenvalue weighted by molar-refractivity contribution is -0.178. The van der Waals surface area contributed by atoms with Gasteiger partial charge in [0.05, 0.1) is 31.1 Å². The zero-order valence-corrected chi connectivity index (χ0v) is 31.2. The second kappa shape index (κ2) is 15.2. The smallest absolute Gasteiger partial charge is 0.410 e. The Bertz CT molecular complexity index is 1270. The number of esters is 1. The second-order valence-electron chi connectivity index (χ2n) is 17.1. The zero-order chi connectivity index (χ0) is 36.9. The summed E-state index contributed by atoms with van der Waals surface area (Å²) in [4.78, 5) is 45.8. The summed E-state index contributed by atoms with van der Waals surface area (Å²) in [6.07, 6.45) is -5.40. The average molecular weight is 727 g/mol. The lowest BCUT2D eigenvalue weighted by Crippen LogP contribution is -2.80. The molecule has 4 N–H and O–H groups in total. The standard InChI is InChI=1S/C36H60F2N6O7/c1-18(2)28-30-21(11-12-39-28)31(50-20(4)45)25(46)17-49-26-10-8-9-23(37)27(26)29-24(38)15-22-32(41-34(47)44(30)33(22)40-29)43-14-13-42(16-19(43)3)35(48)51-36(5,6)7/h18-19,21-33,39-40,46H,8-17H2,1-7H3,(H,41,47)/t19-,21?,22?,23?,24?,25?,26?,27?,28?,29?,30?,31?,32?,33?/m0/s1. The first kappa shape index (κ1) is 38.4. The number of hydrogen-bond acceptors (Lipinski definition) is 10. The van der Waals surface area contributed by atoms with Gasteiger partial charge in [0, 0.05) is 62.4 Å². The van der Waals surface area contributed by atoms with E-state index in [4.69, 9.17) is 14.2 Å². The van der Waals surface area contributed by atoms with E-state index in [0.29, 0.717) is 45.4 Å². The van der Waals surface area contributed by atoms with Crippen molar-refractivity contribution in [1.29, 1.82) is 0 Å². The van der Waals surface area contributed by atoms with Gasteiger partial charge in [-0.2, -0.15) is 0 Å². The number of nitrogens with one attached hydrogen (secondary N) is 3. The van der Waals surface area contributed by atoms with Crippen LogP contribution in [-0.4, -0.2) is 143 Å². The molecule has 6 rings (SSSR count). The summed E-state index contributed by atoms with van der Waals surface area (Å²) >= 11 is 0. The first-order chi connectivity index (χ1) is 24.1. The summed E-state index contributed by atoms with van der Waals surface area (Å²) in [5, 5.41) is 22.1. The second-order valence-corrected chi connectivity index (χ2v) is 17.1. The summed E-state index contributed by atoms with van der Waals surface area (Å²) in [7, 11) is 0. The SMILES string of the molecule is CC(=O)OC1C(O)COC2CCCC(F)C2C2NC3C(CC2F)C(N2CCN(C(=O)OC(C)(C)C)C[C@@H]2C)NC(=O)N3C2C1CCNC2C(C)C. The van der Waals surface area contributed by atoms with Crippen LogP contribution in [0.4, 0.5) is 18.4 Å². The summed E-state index contributed by atoms with van der Waals surface area (Å²) in [6, 6.07) is -2.29. The molecule has 5 aliphatic heterocycles. The third-order valence-electron chi connectivity index (χ3n) is 12.1. The molecule has 13 nitrogen and oxygen atoms in total. The molecule has 0 aromatic carbocycles. The molecule has 2 bridgehead atoms. The van der Waals surface area contributed by atoms with Gasteiger partial charge in [0.15, 0.2) is 0 Å². The molecule has 1 aliphatic carbocycles. The Labute approximate surface area is 300 Å². The quantitative estimate of drug-likeness (QED) is 0.321. The van der Waals surface area contributed by atoms with Gasteiger partial charge in [-0.15, -0.1) is 0 Å². The molecule has 5 saturated heterocycles. The lowest BCUT2D eigenvalue weighted by atomic mass is 9.71. The normalized spacial score (nSPS) is 42.5. The number of hydrogen-bond donors (Lipinski definition) is 4. The van der Waals surface area contributed by atoms with E-state index in [1.54, 1.807) is 9.80 Å². The van der Waals surface area contributed by atoms with E-state index in [-0.39, 0.29) is 43.5 Å². The largest absolute Gasteiger partial charge is 0.459 e. The molecule has 0 radical (unpaired) electrons. The minimum Gasteiger partial charge on any atom is -0.459 e. The van der Waals surface area contributed by atoms with Crippen molar-refractivity contribution in [3.8, 4) is 0 Å². The lowest BCUT2D eigenvalue weighted by Gasteiger charge is -2.60. The average Bonchev–Trinajstić information content (AvgIpc) is 3.04. The number of amides is 3. The van der Waals surface area contributed by atoms with Crippen molar-refractivity contribution in [2.75, 3.05) is 32.8 Å². The van der Waals surface area contributed by atoms with Crippen LogP contribution < -0.4 is 16.0 Å². The molecule has 290 valence electrons. The summed E-state index contributed by atoms with van der Waals surface area (Å²) in [5.74, 6) is -2.29. The van der Waals surface area contributed by atoms with Crippen LogP contribution >= 0.6 is 0 Å². The third kappa shape index (κ3) is 7.83. The van der Waals surface area contributed by atoms with E-state index in [0.717, 1.165) is 0 Å². The molecule has 3 amide bonds. The van der Waals surface area contributed by atoms with Crippen molar-refractivity contribution in [3.05, 3.63) is 0 Å². The number of piperazine rings is 1. The molecule has 0 aromatic rings. The van der Waals surface area contributed by atoms with Crippen LogP contribution in [0.1, 0.15) is 80.6 Å². The molecule has 6 fully saturated rings. The molecule has 0 aromatic heterocycles. The first-order valence-corrected chi connectivity index (χ1v) is 19.1. The molecule has 13 unspecified atom stereocenters. The molecule has 6 aliphatic rings. The van der Waals surface area contributed by atoms with Gasteiger partial charge in [-0.1, -0.05) is 13.8 Å². The van der Waals surface area contributed by atoms with Crippen molar-refractivity contribution < 1.29 is 42.5 Å². The number of alkyl halides is 2. The van der Waals surface area contributed by atoms with Crippen molar-refractivity contribution in [1.82, 2.24) is 30.7 Å². The Morgan fingerprint density at radius 3 is 2.47 bits per heavy atom. The van der Waals surface area contributed by atoms with E-state index in [9.17, 15) is 19.5 Å². The van der Waals surface area contributed by atoms with E-state index in [1.165, 1.54) is 6.92 Å². The Hall–Kier alpha value is -2.33. The van der Waals surface area contributed by atoms with Gasteiger partial charge in [0.2, 0.25) is 0 Å². The van der Waals surface area contributed by atoms with Crippen LogP contribution in [0, 0.1) is 23.7 Å². The monoisotopic (exact) mass is 726 g/mol. The minimum absolute atomic E-state index is 0.0354. The van der Waals surface area contributed by atoms with Crippen molar-refractivity contribution >= 4 is 18.1 Å². The molecule has 5 heterocycles. The van der Waals surface area contributed by atoms with Gasteiger partial charge in [0.25, 0.3) is 0 Å². The number of carbonyl (C=O) groups excluding carboxylic acids is 3. The van der Waals surface area contributed by atoms with Crippen LogP contribution in [0.3, 0.4) is 0 Å². The maximum Gasteiger partial charge on any atom is 0.410 e. The van der Waals surface area contributed by atoms with E-state index >= 15 is 8.78 Å². The fourth-order valence-corrected chi connectivity index (χ4v) is 9.95. The third-order valence-corrected chi connectivity index (χ3v) is 12.1. The Balaban J connectivity index is 1.40. The van der Waals surface area contributed by atoms with E-state index in [1.807, 2.05) is 27.7 Å². The van der Waals surface area contributed by atoms with Crippen LogP contribution in [0.15, 0.2) is 0 Å². The van der Waals surface area contributed by atoms with Gasteiger partial charge < -0.3 is 39.8 Å². The minimum atomic E-state index is -1.43. The maximum absolute atomic E-state index is 16.8. The van der Waals surface area contributed by atoms with Crippen LogP contribution in [0.25, 0.3) is 0 Å². The molecule has 51 heavy (non-hydrogen) atoms. The Morgan fingerprint density at radius 2 is 1.80 bits per heavy atom. The Morgan fingerprint density at radius 1 is 1.06 bits per heavy atom. The molecular weight excluding hydrogens is 666 g/mol. The number of urea groups is 1. The Kier molecular flexibility index (Phi) is 11.4. The molecule has 14 atom stereocenters. The van der Waals surface area contributed by atoms with Gasteiger partial charge in [-0.05, 0) is 72.3 Å². The van der Waals surface area contributed by atoms with Crippen LogP contribution in [-0.2, 0) is 19.0 Å². The summed E-state index contributed by atoms with van der Waals surface area (Å²) in [5.41, 5.74) is -0.641. The number of aliphatic hydroxyl groups is 1. The fourth-order valence-electron chi connectivity index (χ4n) is 9.95. The number of ether oxygens (including phenoxy) is 3. The summed E-state index contributed by atoms with van der Waals surface area (Å²) < 4.78 is 50.6. The number of carbonyl (C=O) groups is 3. The molecule has 1 saturated carbocycles. The molecule has 15 heteroatoms. The van der Waals surface area contributed by atoms with Crippen LogP contribution in [0.2, 0.25) is 0 Å². The van der Waals surface area contributed by atoms with E-state index in [2.05, 4.69) is 34.7 Å². The van der Waals surface area contributed by atoms with Gasteiger partial charge in [-0.3, -0.25) is 15.0 Å².